The Morgan fingerprint density at radius 1 is 0.952 bits per heavy atom. The molecule has 0 aromatic heterocycles. The van der Waals surface area contributed by atoms with E-state index in [1.807, 2.05) is 6.56 Å². The van der Waals surface area contributed by atoms with Gasteiger partial charge in [-0.3, -0.25) is 0 Å². The fourth-order valence-electron chi connectivity index (χ4n) is 4.65. The molecule has 1 heterocycles. The SMILES string of the molecule is CC1=CC(C)[C]([Zr]2([C]3=C(C)C=C(C)C3C)[CH2][CH2]2)=C1C.Cl.Cl. The average molecular weight is 407 g/mol. The van der Waals surface area contributed by atoms with Gasteiger partial charge in [-0.15, -0.1) is 24.8 Å². The molecular weight excluding hydrogens is 378 g/mol. The Morgan fingerprint density at radius 3 is 1.86 bits per heavy atom. The second-order valence-electron chi connectivity index (χ2n) is 6.97. The van der Waals surface area contributed by atoms with E-state index in [0.29, 0.717) is 0 Å². The van der Waals surface area contributed by atoms with Crippen molar-refractivity contribution in [3.63, 3.8) is 0 Å². The third kappa shape index (κ3) is 2.84. The molecule has 2 atom stereocenters. The molecule has 0 aromatic carbocycles. The van der Waals surface area contributed by atoms with Crippen molar-refractivity contribution < 1.29 is 20.3 Å². The molecule has 2 aliphatic carbocycles. The second-order valence-corrected chi connectivity index (χ2v) is 17.4. The first-order valence-electron chi connectivity index (χ1n) is 7.68. The first-order valence-corrected chi connectivity index (χ1v) is 13.6. The van der Waals surface area contributed by atoms with Crippen LogP contribution in [0.3, 0.4) is 0 Å². The van der Waals surface area contributed by atoms with Crippen molar-refractivity contribution in [1.29, 1.82) is 0 Å². The molecule has 21 heavy (non-hydrogen) atoms. The summed E-state index contributed by atoms with van der Waals surface area (Å²) >= 11 is -2.13. The van der Waals surface area contributed by atoms with Gasteiger partial charge in [-0.1, -0.05) is 0 Å². The van der Waals surface area contributed by atoms with Gasteiger partial charge >= 0.3 is 123 Å². The maximum Gasteiger partial charge on any atom is -0.147 e. The number of hydrogen-bond donors (Lipinski definition) is 0. The molecule has 0 saturated carbocycles. The fourth-order valence-corrected chi connectivity index (χ4v) is 21.5. The van der Waals surface area contributed by atoms with Crippen LogP contribution in [-0.4, -0.2) is 0 Å². The zero-order chi connectivity index (χ0) is 13.9. The van der Waals surface area contributed by atoms with Crippen LogP contribution in [0.25, 0.3) is 0 Å². The number of allylic oxidation sites excluding steroid dienone is 8. The normalized spacial score (nSPS) is 29.8. The zero-order valence-corrected chi connectivity index (χ0v) is 18.1. The van der Waals surface area contributed by atoms with Crippen LogP contribution < -0.4 is 0 Å². The molecule has 2 unspecified atom stereocenters. The molecule has 0 aromatic rings. The van der Waals surface area contributed by atoms with Crippen LogP contribution in [0.4, 0.5) is 0 Å². The summed E-state index contributed by atoms with van der Waals surface area (Å²) < 4.78 is 7.03. The molecule has 1 aliphatic heterocycles. The number of rotatable bonds is 2. The molecule has 0 nitrogen and oxygen atoms in total. The number of halogens is 2. The summed E-state index contributed by atoms with van der Waals surface area (Å²) in [5.74, 6) is 1.47. The Morgan fingerprint density at radius 2 is 1.52 bits per heavy atom. The Labute approximate surface area is 147 Å². The van der Waals surface area contributed by atoms with Crippen molar-refractivity contribution in [3.8, 4) is 0 Å². The van der Waals surface area contributed by atoms with Gasteiger partial charge in [0.2, 0.25) is 0 Å². The van der Waals surface area contributed by atoms with Gasteiger partial charge in [-0.25, -0.2) is 0 Å². The Kier molecular flexibility index (Phi) is 6.03. The summed E-state index contributed by atoms with van der Waals surface area (Å²) in [6.07, 6.45) is 4.98. The summed E-state index contributed by atoms with van der Waals surface area (Å²) in [6, 6.07) is 0. The van der Waals surface area contributed by atoms with Crippen molar-refractivity contribution in [3.05, 3.63) is 41.0 Å². The van der Waals surface area contributed by atoms with Crippen molar-refractivity contribution in [2.45, 2.75) is 49.8 Å². The summed E-state index contributed by atoms with van der Waals surface area (Å²) in [7, 11) is 0. The Hall–Kier alpha value is 0.423. The first-order chi connectivity index (χ1) is 8.88. The van der Waals surface area contributed by atoms with Crippen molar-refractivity contribution in [2.24, 2.45) is 11.8 Å². The van der Waals surface area contributed by atoms with E-state index in [0.717, 1.165) is 11.8 Å². The van der Waals surface area contributed by atoms with Crippen LogP contribution in [0, 0.1) is 11.8 Å². The molecule has 3 heteroatoms. The van der Waals surface area contributed by atoms with Crippen LogP contribution in [0.5, 0.6) is 0 Å². The average Bonchev–Trinajstić information content (AvgIpc) is 2.98. The first kappa shape index (κ1) is 19.5. The molecule has 1 saturated heterocycles. The Bertz CT molecular complexity index is 574. The predicted molar refractivity (Wildman–Crippen MR) is 95.4 cm³/mol. The van der Waals surface area contributed by atoms with Gasteiger partial charge in [0.1, 0.15) is 0 Å². The summed E-state index contributed by atoms with van der Waals surface area (Å²) in [6.45, 7) is 14.3. The molecule has 1 fully saturated rings. The maximum absolute atomic E-state index is 2.51. The molecule has 0 bridgehead atoms. The van der Waals surface area contributed by atoms with Gasteiger partial charge < -0.3 is 0 Å². The van der Waals surface area contributed by atoms with Crippen LogP contribution in [0.15, 0.2) is 41.0 Å². The largest absolute Gasteiger partial charge is 0.147 e. The van der Waals surface area contributed by atoms with E-state index in [4.69, 9.17) is 0 Å². The quantitative estimate of drug-likeness (QED) is 0.486. The molecule has 0 N–H and O–H groups in total. The third-order valence-corrected chi connectivity index (χ3v) is 18.5. The smallest absolute Gasteiger partial charge is 0.147 e. The fraction of sp³-hybridized carbons (Fsp3) is 0.556. The third-order valence-electron chi connectivity index (χ3n) is 5.72. The van der Waals surface area contributed by atoms with E-state index >= 15 is 0 Å². The van der Waals surface area contributed by atoms with Gasteiger partial charge in [0.05, 0.1) is 0 Å². The van der Waals surface area contributed by atoms with Gasteiger partial charge in [0.15, 0.2) is 0 Å². The standard InChI is InChI=1S/2C8H11.C2H4.2ClH.Zr/c2*1-6-4-7(2)8(3)5-6;1-2;;;/h4,8H,1-3H3;4,6H,1-3H3;1-2H2;2*1H;. The van der Waals surface area contributed by atoms with E-state index < -0.39 is 20.3 Å². The van der Waals surface area contributed by atoms with Gasteiger partial charge in [0, 0.05) is 0 Å². The van der Waals surface area contributed by atoms with Crippen LogP contribution >= 0.6 is 24.8 Å². The molecule has 3 aliphatic rings. The Balaban J connectivity index is 0.00000110. The molecular formula is C18H28Cl2Zr. The minimum absolute atomic E-state index is 0. The molecule has 118 valence electrons. The summed E-state index contributed by atoms with van der Waals surface area (Å²) in [4.78, 5) is 0. The summed E-state index contributed by atoms with van der Waals surface area (Å²) in [5, 5.41) is 0. The van der Waals surface area contributed by atoms with Crippen molar-refractivity contribution in [2.75, 3.05) is 0 Å². The van der Waals surface area contributed by atoms with Gasteiger partial charge in [-0.2, -0.15) is 0 Å². The summed E-state index contributed by atoms with van der Waals surface area (Å²) in [5.41, 5.74) is 6.45. The van der Waals surface area contributed by atoms with Crippen molar-refractivity contribution in [1.82, 2.24) is 0 Å². The number of hydrogen-bond acceptors (Lipinski definition) is 0. The van der Waals surface area contributed by atoms with Crippen LogP contribution in [-0.2, 0) is 20.3 Å². The van der Waals surface area contributed by atoms with E-state index in [1.165, 1.54) is 0 Å². The van der Waals surface area contributed by atoms with Crippen molar-refractivity contribution >= 4 is 24.8 Å². The van der Waals surface area contributed by atoms with Crippen LogP contribution in [0.2, 0.25) is 8.26 Å². The molecule has 0 amide bonds. The van der Waals surface area contributed by atoms with E-state index in [-0.39, 0.29) is 24.8 Å². The molecule has 0 radical (unpaired) electrons. The van der Waals surface area contributed by atoms with Gasteiger partial charge in [-0.05, 0) is 0 Å². The van der Waals surface area contributed by atoms with Crippen LogP contribution in [0.1, 0.15) is 41.5 Å². The minimum Gasteiger partial charge on any atom is -0.147 e. The second kappa shape index (κ2) is 6.50. The zero-order valence-electron chi connectivity index (χ0n) is 14.0. The monoisotopic (exact) mass is 404 g/mol. The predicted octanol–water partition coefficient (Wildman–Crippen LogP) is 6.57. The van der Waals surface area contributed by atoms with E-state index in [2.05, 4.69) is 53.7 Å². The molecule has 0 spiro atoms. The minimum atomic E-state index is -2.13. The molecule has 3 rings (SSSR count). The van der Waals surface area contributed by atoms with E-state index in [9.17, 15) is 0 Å². The maximum atomic E-state index is 2.51. The van der Waals surface area contributed by atoms with Gasteiger partial charge in [0.25, 0.3) is 0 Å². The topological polar surface area (TPSA) is 0 Å². The van der Waals surface area contributed by atoms with E-state index in [1.54, 1.807) is 30.5 Å².